The summed E-state index contributed by atoms with van der Waals surface area (Å²) >= 11 is 0. The van der Waals surface area contributed by atoms with E-state index in [1.165, 1.54) is 23.7 Å². The van der Waals surface area contributed by atoms with Gasteiger partial charge in [-0.1, -0.05) is 18.2 Å². The second-order valence-corrected chi connectivity index (χ2v) is 4.67. The Kier molecular flexibility index (Phi) is 3.36. The summed E-state index contributed by atoms with van der Waals surface area (Å²) in [5.74, 6) is 0.0373. The minimum atomic E-state index is -0.399. The van der Waals surface area contributed by atoms with Crippen LogP contribution in [0, 0.1) is 11.9 Å². The third kappa shape index (κ3) is 2.87. The summed E-state index contributed by atoms with van der Waals surface area (Å²) in [7, 11) is 0. The molecule has 0 aliphatic carbocycles. The lowest BCUT2D eigenvalue weighted by molar-refractivity contribution is 0.304. The third-order valence-corrected chi connectivity index (χ3v) is 3.24. The van der Waals surface area contributed by atoms with Crippen molar-refractivity contribution in [3.8, 4) is 5.75 Å². The Balaban J connectivity index is 1.70. The lowest BCUT2D eigenvalue weighted by atomic mass is 10.0. The second kappa shape index (κ2) is 5.31. The fraction of sp³-hybridized carbons (Fsp3) is 0.250. The van der Waals surface area contributed by atoms with E-state index in [0.717, 1.165) is 18.5 Å². The molecule has 1 heterocycles. The van der Waals surface area contributed by atoms with Crippen LogP contribution in [0.2, 0.25) is 0 Å². The van der Waals surface area contributed by atoms with Crippen LogP contribution < -0.4 is 10.1 Å². The molecule has 3 rings (SSSR count). The molecule has 1 aliphatic heterocycles. The van der Waals surface area contributed by atoms with Crippen LogP contribution in [0.1, 0.15) is 17.5 Å². The van der Waals surface area contributed by atoms with Gasteiger partial charge in [-0.3, -0.25) is 0 Å². The van der Waals surface area contributed by atoms with Crippen LogP contribution >= 0.6 is 0 Å². The maximum absolute atomic E-state index is 13.0. The minimum Gasteiger partial charge on any atom is -0.488 e. The zero-order valence-corrected chi connectivity index (χ0v) is 10.6. The average molecular weight is 256 g/mol. The first-order valence-electron chi connectivity index (χ1n) is 6.47. The molecular formula is C16H15FNO. The van der Waals surface area contributed by atoms with E-state index in [1.54, 1.807) is 12.1 Å². The molecule has 1 radical (unpaired) electrons. The largest absolute Gasteiger partial charge is 0.488 e. The Hall–Kier alpha value is -2.03. The average Bonchev–Trinajstić information content (AvgIpc) is 2.45. The van der Waals surface area contributed by atoms with Crippen molar-refractivity contribution >= 4 is 5.69 Å². The molecule has 19 heavy (non-hydrogen) atoms. The fourth-order valence-electron chi connectivity index (χ4n) is 2.26. The first-order valence-corrected chi connectivity index (χ1v) is 6.47. The topological polar surface area (TPSA) is 21.3 Å². The monoisotopic (exact) mass is 256 g/mol. The number of aryl methyl sites for hydroxylation is 1. The van der Waals surface area contributed by atoms with Crippen LogP contribution in [0.25, 0.3) is 0 Å². The minimum absolute atomic E-state index is 0.399. The van der Waals surface area contributed by atoms with E-state index >= 15 is 0 Å². The molecule has 0 bridgehead atoms. The normalized spacial score (nSPS) is 13.5. The van der Waals surface area contributed by atoms with Gasteiger partial charge in [0, 0.05) is 12.2 Å². The highest BCUT2D eigenvalue weighted by atomic mass is 19.1. The van der Waals surface area contributed by atoms with Gasteiger partial charge in [0.15, 0.2) is 0 Å². The summed E-state index contributed by atoms with van der Waals surface area (Å²) in [6.07, 6.45) is 2.31. The van der Waals surface area contributed by atoms with Gasteiger partial charge in [0.2, 0.25) is 0 Å². The van der Waals surface area contributed by atoms with Crippen LogP contribution in [0.15, 0.2) is 36.4 Å². The van der Waals surface area contributed by atoms with E-state index in [2.05, 4.69) is 29.6 Å². The van der Waals surface area contributed by atoms with Gasteiger partial charge in [-0.2, -0.15) is 0 Å². The predicted molar refractivity (Wildman–Crippen MR) is 72.8 cm³/mol. The summed E-state index contributed by atoms with van der Waals surface area (Å²) in [5, 5.41) is 3.39. The molecule has 97 valence electrons. The highest BCUT2D eigenvalue weighted by Crippen LogP contribution is 2.23. The SMILES string of the molecule is Fc1[c]c(OCc2ccc3c(c2)NCCC3)ccc1. The van der Waals surface area contributed by atoms with Crippen molar-refractivity contribution < 1.29 is 9.13 Å². The Morgan fingerprint density at radius 3 is 3.11 bits per heavy atom. The molecule has 0 aromatic heterocycles. The lowest BCUT2D eigenvalue weighted by Gasteiger charge is -2.18. The summed E-state index contributed by atoms with van der Waals surface area (Å²) in [6.45, 7) is 1.45. The second-order valence-electron chi connectivity index (χ2n) is 4.67. The Bertz CT molecular complexity index is 583. The summed E-state index contributed by atoms with van der Waals surface area (Å²) in [4.78, 5) is 0. The van der Waals surface area contributed by atoms with Crippen molar-refractivity contribution in [1.29, 1.82) is 0 Å². The van der Waals surface area contributed by atoms with Gasteiger partial charge in [0.05, 0.1) is 6.07 Å². The molecule has 1 N–H and O–H groups in total. The zero-order chi connectivity index (χ0) is 13.1. The molecule has 0 fully saturated rings. The molecule has 3 heteroatoms. The van der Waals surface area contributed by atoms with Crippen molar-refractivity contribution in [3.05, 3.63) is 59.4 Å². The molecule has 2 nitrogen and oxygen atoms in total. The summed E-state index contributed by atoms with van der Waals surface area (Å²) in [5.41, 5.74) is 3.62. The molecule has 0 amide bonds. The van der Waals surface area contributed by atoms with Gasteiger partial charge >= 0.3 is 0 Å². The molecule has 0 atom stereocenters. The van der Waals surface area contributed by atoms with E-state index in [0.29, 0.717) is 12.4 Å². The van der Waals surface area contributed by atoms with Crippen molar-refractivity contribution in [3.63, 3.8) is 0 Å². The number of benzene rings is 2. The summed E-state index contributed by atoms with van der Waals surface area (Å²) in [6, 6.07) is 13.5. The molecule has 0 unspecified atom stereocenters. The van der Waals surface area contributed by atoms with E-state index in [4.69, 9.17) is 4.74 Å². The molecular weight excluding hydrogens is 241 g/mol. The van der Waals surface area contributed by atoms with E-state index in [-0.39, 0.29) is 0 Å². The predicted octanol–water partition coefficient (Wildman–Crippen LogP) is 3.56. The maximum Gasteiger partial charge on any atom is 0.135 e. The third-order valence-electron chi connectivity index (χ3n) is 3.24. The molecule has 0 saturated heterocycles. The van der Waals surface area contributed by atoms with Gasteiger partial charge in [0.25, 0.3) is 0 Å². The lowest BCUT2D eigenvalue weighted by Crippen LogP contribution is -2.12. The number of ether oxygens (including phenoxy) is 1. The van der Waals surface area contributed by atoms with Crippen molar-refractivity contribution in [2.24, 2.45) is 0 Å². The molecule has 1 aliphatic rings. The highest BCUT2D eigenvalue weighted by Gasteiger charge is 2.08. The Morgan fingerprint density at radius 2 is 2.21 bits per heavy atom. The first-order chi connectivity index (χ1) is 9.31. The zero-order valence-electron chi connectivity index (χ0n) is 10.6. The number of anilines is 1. The molecule has 0 saturated carbocycles. The van der Waals surface area contributed by atoms with E-state index in [9.17, 15) is 4.39 Å². The van der Waals surface area contributed by atoms with Crippen molar-refractivity contribution in [2.45, 2.75) is 19.4 Å². The Labute approximate surface area is 112 Å². The smallest absolute Gasteiger partial charge is 0.135 e. The van der Waals surface area contributed by atoms with Crippen LogP contribution in [0.5, 0.6) is 5.75 Å². The van der Waals surface area contributed by atoms with Gasteiger partial charge < -0.3 is 10.1 Å². The first kappa shape index (κ1) is 12.0. The highest BCUT2D eigenvalue weighted by molar-refractivity contribution is 5.54. The molecule has 2 aromatic rings. The standard InChI is InChI=1S/C16H15FNO/c17-14-4-1-5-15(10-14)19-11-12-6-7-13-3-2-8-18-16(13)9-12/h1,4-7,9,18H,2-3,8,11H2. The van der Waals surface area contributed by atoms with Gasteiger partial charge in [0.1, 0.15) is 18.2 Å². The van der Waals surface area contributed by atoms with Crippen molar-refractivity contribution in [1.82, 2.24) is 0 Å². The van der Waals surface area contributed by atoms with Crippen LogP contribution in [-0.4, -0.2) is 6.54 Å². The number of fused-ring (bicyclic) bond motifs is 1. The van der Waals surface area contributed by atoms with Gasteiger partial charge in [-0.25, -0.2) is 4.39 Å². The maximum atomic E-state index is 13.0. The van der Waals surface area contributed by atoms with E-state index in [1.807, 2.05) is 0 Å². The van der Waals surface area contributed by atoms with Crippen LogP contribution in [0.3, 0.4) is 0 Å². The number of hydrogen-bond donors (Lipinski definition) is 1. The van der Waals surface area contributed by atoms with Gasteiger partial charge in [-0.05, 0) is 42.2 Å². The van der Waals surface area contributed by atoms with Crippen molar-refractivity contribution in [2.75, 3.05) is 11.9 Å². The molecule has 2 aromatic carbocycles. The summed E-state index contributed by atoms with van der Waals surface area (Å²) < 4.78 is 18.5. The quantitative estimate of drug-likeness (QED) is 0.906. The molecule has 0 spiro atoms. The number of rotatable bonds is 3. The van der Waals surface area contributed by atoms with Crippen LogP contribution in [-0.2, 0) is 13.0 Å². The van der Waals surface area contributed by atoms with E-state index < -0.39 is 5.82 Å². The number of halogens is 1. The number of hydrogen-bond acceptors (Lipinski definition) is 2. The Morgan fingerprint density at radius 1 is 1.26 bits per heavy atom. The number of nitrogens with one attached hydrogen (secondary N) is 1. The van der Waals surface area contributed by atoms with Crippen LogP contribution in [0.4, 0.5) is 10.1 Å². The van der Waals surface area contributed by atoms with Gasteiger partial charge in [-0.15, -0.1) is 0 Å². The fourth-order valence-corrected chi connectivity index (χ4v) is 2.26.